The molecular weight excluding hydrogens is 287 g/mol. The molecule has 16 heavy (non-hydrogen) atoms. The summed E-state index contributed by atoms with van der Waals surface area (Å²) in [4.78, 5) is 0. The van der Waals surface area contributed by atoms with Crippen molar-refractivity contribution in [2.45, 2.75) is 18.2 Å². The van der Waals surface area contributed by atoms with E-state index in [4.69, 9.17) is 5.73 Å². The molecule has 1 aromatic carbocycles. The highest BCUT2D eigenvalue weighted by Crippen LogP contribution is 2.43. The number of rotatable bonds is 3. The number of halogens is 4. The van der Waals surface area contributed by atoms with Crippen LogP contribution in [-0.4, -0.2) is 17.8 Å². The fraction of sp³-hybridized carbons (Fsp3) is 0.400. The maximum absolute atomic E-state index is 12.8. The maximum atomic E-state index is 12.8. The van der Waals surface area contributed by atoms with Gasteiger partial charge in [-0.05, 0) is 12.6 Å². The van der Waals surface area contributed by atoms with E-state index < -0.39 is 18.2 Å². The summed E-state index contributed by atoms with van der Waals surface area (Å²) < 4.78 is 38.7. The van der Waals surface area contributed by atoms with E-state index in [1.165, 1.54) is 18.2 Å². The molecule has 0 bridgehead atoms. The van der Waals surface area contributed by atoms with Gasteiger partial charge in [0.1, 0.15) is 0 Å². The van der Waals surface area contributed by atoms with Crippen LogP contribution in [-0.2, 0) is 5.60 Å². The van der Waals surface area contributed by atoms with E-state index in [1.54, 1.807) is 6.07 Å². The zero-order chi connectivity index (χ0) is 12.4. The lowest BCUT2D eigenvalue weighted by Crippen LogP contribution is -2.44. The van der Waals surface area contributed by atoms with Crippen molar-refractivity contribution in [1.82, 2.24) is 0 Å². The molecule has 0 fully saturated rings. The second-order valence-corrected chi connectivity index (χ2v) is 4.23. The Morgan fingerprint density at radius 3 is 2.25 bits per heavy atom. The van der Waals surface area contributed by atoms with Gasteiger partial charge in [-0.2, -0.15) is 13.2 Å². The number of benzene rings is 1. The minimum Gasteiger partial charge on any atom is -0.376 e. The van der Waals surface area contributed by atoms with Gasteiger partial charge in [0.15, 0.2) is 5.60 Å². The second-order valence-electron chi connectivity index (χ2n) is 3.38. The molecule has 0 spiro atoms. The third-order valence-corrected chi connectivity index (χ3v) is 2.99. The summed E-state index contributed by atoms with van der Waals surface area (Å²) in [5, 5.41) is 9.76. The Hall–Kier alpha value is -0.590. The molecule has 0 aliphatic heterocycles. The number of hydrogen-bond donors (Lipinski definition) is 2. The first kappa shape index (κ1) is 13.5. The SMILES string of the molecule is NCCC(O)(c1ccccc1Br)C(F)(F)F. The molecule has 3 N–H and O–H groups in total. The fourth-order valence-electron chi connectivity index (χ4n) is 1.43. The molecule has 0 aromatic heterocycles. The third kappa shape index (κ3) is 2.39. The van der Waals surface area contributed by atoms with E-state index in [0.29, 0.717) is 0 Å². The fourth-order valence-corrected chi connectivity index (χ4v) is 2.05. The van der Waals surface area contributed by atoms with Crippen molar-refractivity contribution in [2.24, 2.45) is 5.73 Å². The van der Waals surface area contributed by atoms with Gasteiger partial charge in [0, 0.05) is 16.5 Å². The Morgan fingerprint density at radius 2 is 1.81 bits per heavy atom. The number of alkyl halides is 3. The minimum absolute atomic E-state index is 0.211. The largest absolute Gasteiger partial charge is 0.421 e. The van der Waals surface area contributed by atoms with Gasteiger partial charge in [0.2, 0.25) is 0 Å². The summed E-state index contributed by atoms with van der Waals surface area (Å²) in [5.74, 6) is 0. The predicted molar refractivity (Wildman–Crippen MR) is 57.8 cm³/mol. The van der Waals surface area contributed by atoms with Gasteiger partial charge in [-0.25, -0.2) is 0 Å². The summed E-state index contributed by atoms with van der Waals surface area (Å²) in [7, 11) is 0. The Balaban J connectivity index is 3.28. The maximum Gasteiger partial charge on any atom is 0.421 e. The Morgan fingerprint density at radius 1 is 1.25 bits per heavy atom. The van der Waals surface area contributed by atoms with Gasteiger partial charge in [0.05, 0.1) is 0 Å². The molecule has 90 valence electrons. The van der Waals surface area contributed by atoms with E-state index in [-0.39, 0.29) is 16.6 Å². The summed E-state index contributed by atoms with van der Waals surface area (Å²) >= 11 is 2.99. The first-order valence-corrected chi connectivity index (χ1v) is 5.36. The van der Waals surface area contributed by atoms with Crippen LogP contribution in [0.2, 0.25) is 0 Å². The molecule has 0 amide bonds. The molecule has 0 heterocycles. The molecule has 2 nitrogen and oxygen atoms in total. The smallest absolute Gasteiger partial charge is 0.376 e. The van der Waals surface area contributed by atoms with Crippen molar-refractivity contribution < 1.29 is 18.3 Å². The van der Waals surface area contributed by atoms with Gasteiger partial charge in [-0.15, -0.1) is 0 Å². The molecule has 0 aliphatic carbocycles. The normalized spacial score (nSPS) is 15.9. The van der Waals surface area contributed by atoms with Gasteiger partial charge in [-0.1, -0.05) is 34.1 Å². The van der Waals surface area contributed by atoms with E-state index in [9.17, 15) is 18.3 Å². The zero-order valence-corrected chi connectivity index (χ0v) is 9.85. The van der Waals surface area contributed by atoms with Crippen molar-refractivity contribution in [2.75, 3.05) is 6.54 Å². The lowest BCUT2D eigenvalue weighted by atomic mass is 9.90. The van der Waals surface area contributed by atoms with E-state index in [1.807, 2.05) is 0 Å². The van der Waals surface area contributed by atoms with Crippen LogP contribution in [0.5, 0.6) is 0 Å². The molecule has 0 radical (unpaired) electrons. The molecule has 0 saturated carbocycles. The summed E-state index contributed by atoms with van der Waals surface area (Å²) in [6.07, 6.45) is -5.32. The molecule has 1 aromatic rings. The second kappa shape index (κ2) is 4.73. The molecule has 0 aliphatic rings. The van der Waals surface area contributed by atoms with Crippen molar-refractivity contribution in [3.8, 4) is 0 Å². The lowest BCUT2D eigenvalue weighted by molar-refractivity contribution is -0.268. The predicted octanol–water partition coefficient (Wildman–Crippen LogP) is 2.55. The lowest BCUT2D eigenvalue weighted by Gasteiger charge is -2.31. The van der Waals surface area contributed by atoms with E-state index >= 15 is 0 Å². The van der Waals surface area contributed by atoms with Crippen molar-refractivity contribution in [3.63, 3.8) is 0 Å². The zero-order valence-electron chi connectivity index (χ0n) is 8.26. The van der Waals surface area contributed by atoms with Crippen LogP contribution in [0.25, 0.3) is 0 Å². The van der Waals surface area contributed by atoms with Crippen LogP contribution in [0.1, 0.15) is 12.0 Å². The average molecular weight is 298 g/mol. The van der Waals surface area contributed by atoms with Crippen LogP contribution in [0.3, 0.4) is 0 Å². The van der Waals surface area contributed by atoms with Crippen LogP contribution in [0.15, 0.2) is 28.7 Å². The standard InChI is InChI=1S/C10H11BrF3NO/c11-8-4-2-1-3-7(8)9(16,5-6-15)10(12,13)14/h1-4,16H,5-6,15H2. The number of aliphatic hydroxyl groups is 1. The van der Waals surface area contributed by atoms with Crippen molar-refractivity contribution in [3.05, 3.63) is 34.3 Å². The highest BCUT2D eigenvalue weighted by molar-refractivity contribution is 9.10. The van der Waals surface area contributed by atoms with Crippen LogP contribution >= 0.6 is 15.9 Å². The van der Waals surface area contributed by atoms with Gasteiger partial charge < -0.3 is 10.8 Å². The molecular formula is C10H11BrF3NO. The third-order valence-electron chi connectivity index (χ3n) is 2.29. The van der Waals surface area contributed by atoms with Crippen LogP contribution in [0.4, 0.5) is 13.2 Å². The topological polar surface area (TPSA) is 46.2 Å². The first-order valence-electron chi connectivity index (χ1n) is 4.57. The van der Waals surface area contributed by atoms with Crippen LogP contribution < -0.4 is 5.73 Å². The van der Waals surface area contributed by atoms with E-state index in [0.717, 1.165) is 0 Å². The van der Waals surface area contributed by atoms with Crippen molar-refractivity contribution in [1.29, 1.82) is 0 Å². The summed E-state index contributed by atoms with van der Waals surface area (Å²) in [5.41, 5.74) is 2.01. The highest BCUT2D eigenvalue weighted by atomic mass is 79.9. The summed E-state index contributed by atoms with van der Waals surface area (Å²) in [6.45, 7) is -0.253. The Labute approximate surface area is 99.4 Å². The molecule has 1 atom stereocenters. The molecule has 1 rings (SSSR count). The van der Waals surface area contributed by atoms with Crippen molar-refractivity contribution >= 4 is 15.9 Å². The van der Waals surface area contributed by atoms with Gasteiger partial charge in [0.25, 0.3) is 0 Å². The number of nitrogens with two attached hydrogens (primary N) is 1. The highest BCUT2D eigenvalue weighted by Gasteiger charge is 2.54. The van der Waals surface area contributed by atoms with Gasteiger partial charge >= 0.3 is 6.18 Å². The molecule has 1 unspecified atom stereocenters. The van der Waals surface area contributed by atoms with Gasteiger partial charge in [-0.3, -0.25) is 0 Å². The minimum atomic E-state index is -4.75. The molecule has 6 heteroatoms. The van der Waals surface area contributed by atoms with E-state index in [2.05, 4.69) is 15.9 Å². The average Bonchev–Trinajstić information content (AvgIpc) is 2.16. The monoisotopic (exact) mass is 297 g/mol. The van der Waals surface area contributed by atoms with Crippen LogP contribution in [0, 0.1) is 0 Å². The summed E-state index contributed by atoms with van der Waals surface area (Å²) in [6, 6.07) is 5.69. The molecule has 0 saturated heterocycles. The Kier molecular flexibility index (Phi) is 3.98. The number of hydrogen-bond acceptors (Lipinski definition) is 2. The Bertz CT molecular complexity index is 369. The first-order chi connectivity index (χ1) is 7.33. The quantitative estimate of drug-likeness (QED) is 0.901.